The van der Waals surface area contributed by atoms with E-state index < -0.39 is 6.04 Å². The van der Waals surface area contributed by atoms with Crippen molar-refractivity contribution in [3.05, 3.63) is 93.1 Å². The quantitative estimate of drug-likeness (QED) is 0.104. The minimum absolute atomic E-state index is 0.0737. The van der Waals surface area contributed by atoms with Crippen LogP contribution in [-0.2, 0) is 16.8 Å². The van der Waals surface area contributed by atoms with Gasteiger partial charge in [-0.3, -0.25) is 4.79 Å². The van der Waals surface area contributed by atoms with Gasteiger partial charge in [0.25, 0.3) is 5.91 Å². The smallest absolute Gasteiger partial charge is 0.255 e. The number of unbranched alkanes of at least 4 members (excludes halogenated alkanes) is 1. The van der Waals surface area contributed by atoms with Crippen LogP contribution in [0.25, 0.3) is 0 Å². The number of amides is 1. The van der Waals surface area contributed by atoms with Crippen LogP contribution in [0.2, 0.25) is 0 Å². The third-order valence-electron chi connectivity index (χ3n) is 8.01. The number of carbonyl (C=O) groups is 1. The number of thioether (sulfide) groups is 1. The Balaban J connectivity index is 1.51. The van der Waals surface area contributed by atoms with Gasteiger partial charge in [0.1, 0.15) is 18.4 Å². The Kier molecular flexibility index (Phi) is 11.4. The van der Waals surface area contributed by atoms with Gasteiger partial charge >= 0.3 is 0 Å². The Morgan fingerprint density at radius 1 is 1.06 bits per heavy atom. The van der Waals surface area contributed by atoms with E-state index >= 15 is 0 Å². The Bertz CT molecular complexity index is 1780. The van der Waals surface area contributed by atoms with Crippen molar-refractivity contribution in [3.8, 4) is 17.2 Å². The van der Waals surface area contributed by atoms with Gasteiger partial charge in [-0.2, -0.15) is 4.98 Å². The highest BCUT2D eigenvalue weighted by Gasteiger charge is 2.36. The maximum Gasteiger partial charge on any atom is 0.255 e. The van der Waals surface area contributed by atoms with E-state index in [1.165, 1.54) is 5.56 Å². The fourth-order valence-electron chi connectivity index (χ4n) is 5.44. The number of halogens is 1. The Morgan fingerprint density at radius 2 is 1.81 bits per heavy atom. The predicted molar refractivity (Wildman–Crippen MR) is 197 cm³/mol. The summed E-state index contributed by atoms with van der Waals surface area (Å²) < 4.78 is 20.5. The number of aromatic nitrogens is 3. The zero-order chi connectivity index (χ0) is 34.4. The summed E-state index contributed by atoms with van der Waals surface area (Å²) in [7, 11) is 1.61. The van der Waals surface area contributed by atoms with Crippen LogP contribution in [0.5, 0.6) is 17.2 Å². The van der Waals surface area contributed by atoms with Gasteiger partial charge in [-0.05, 0) is 82.6 Å². The number of nitrogens with zero attached hydrogens (tertiary/aromatic N) is 3. The van der Waals surface area contributed by atoms with Crippen LogP contribution in [0.4, 0.5) is 11.6 Å². The molecular weight excluding hydrogens is 690 g/mol. The number of hydrogen-bond donors (Lipinski definition) is 2. The summed E-state index contributed by atoms with van der Waals surface area (Å²) in [5.74, 6) is 2.89. The van der Waals surface area contributed by atoms with Crippen molar-refractivity contribution in [1.29, 1.82) is 0 Å². The minimum atomic E-state index is -0.613. The van der Waals surface area contributed by atoms with Crippen molar-refractivity contribution >= 4 is 45.2 Å². The molecule has 4 aromatic rings. The van der Waals surface area contributed by atoms with Gasteiger partial charge in [0, 0.05) is 11.4 Å². The van der Waals surface area contributed by atoms with E-state index in [4.69, 9.17) is 24.3 Å². The fourth-order valence-corrected chi connectivity index (χ4v) is 6.92. The average molecular weight is 735 g/mol. The van der Waals surface area contributed by atoms with Crippen molar-refractivity contribution in [3.63, 3.8) is 0 Å². The van der Waals surface area contributed by atoms with E-state index in [-0.39, 0.29) is 11.3 Å². The van der Waals surface area contributed by atoms with Gasteiger partial charge in [0.2, 0.25) is 11.1 Å². The summed E-state index contributed by atoms with van der Waals surface area (Å²) in [6.07, 6.45) is 2.14. The van der Waals surface area contributed by atoms with Crippen molar-refractivity contribution in [2.75, 3.05) is 30.1 Å². The molecule has 9 nitrogen and oxygen atoms in total. The molecule has 48 heavy (non-hydrogen) atoms. The van der Waals surface area contributed by atoms with Gasteiger partial charge in [-0.25, -0.2) is 4.68 Å². The fraction of sp³-hybridized carbons (Fsp3) is 0.378. The molecule has 0 fully saturated rings. The monoisotopic (exact) mass is 733 g/mol. The maximum absolute atomic E-state index is 14.2. The van der Waals surface area contributed by atoms with Crippen molar-refractivity contribution < 1.29 is 19.0 Å². The Hall–Kier alpha value is -3.96. The molecule has 11 heteroatoms. The molecule has 0 bridgehead atoms. The molecule has 0 radical (unpaired) electrons. The highest BCUT2D eigenvalue weighted by atomic mass is 79.9. The van der Waals surface area contributed by atoms with Gasteiger partial charge < -0.3 is 24.8 Å². The summed E-state index contributed by atoms with van der Waals surface area (Å²) in [6.45, 7) is 13.4. The summed E-state index contributed by atoms with van der Waals surface area (Å²) in [6, 6.07) is 19.1. The molecule has 0 saturated carbocycles. The molecule has 254 valence electrons. The zero-order valence-electron chi connectivity index (χ0n) is 28.6. The van der Waals surface area contributed by atoms with Gasteiger partial charge in [0.15, 0.2) is 11.5 Å². The van der Waals surface area contributed by atoms with Crippen molar-refractivity contribution in [1.82, 2.24) is 14.8 Å². The van der Waals surface area contributed by atoms with E-state index in [1.807, 2.05) is 50.2 Å². The van der Waals surface area contributed by atoms with Crippen LogP contribution in [0.1, 0.15) is 77.1 Å². The number of fused-ring (bicyclic) bond motifs is 1. The van der Waals surface area contributed by atoms with Gasteiger partial charge in [0.05, 0.1) is 29.4 Å². The topological polar surface area (TPSA) is 99.5 Å². The van der Waals surface area contributed by atoms with Gasteiger partial charge in [-0.15, -0.1) is 5.10 Å². The Morgan fingerprint density at radius 3 is 2.50 bits per heavy atom. The minimum Gasteiger partial charge on any atom is -0.493 e. The van der Waals surface area contributed by atoms with Crippen LogP contribution in [0.3, 0.4) is 0 Å². The molecule has 0 aliphatic carbocycles. The lowest BCUT2D eigenvalue weighted by molar-refractivity contribution is -0.113. The van der Waals surface area contributed by atoms with Crippen LogP contribution in [0, 0.1) is 0 Å². The summed E-state index contributed by atoms with van der Waals surface area (Å²) in [5.41, 5.74) is 4.91. The summed E-state index contributed by atoms with van der Waals surface area (Å²) in [4.78, 5) is 19.0. The molecule has 0 spiro atoms. The number of benzene rings is 3. The molecule has 3 aromatic carbocycles. The molecule has 5 rings (SSSR count). The molecule has 2 N–H and O–H groups in total. The summed E-state index contributed by atoms with van der Waals surface area (Å²) >= 11 is 5.36. The first-order valence-electron chi connectivity index (χ1n) is 16.2. The van der Waals surface area contributed by atoms with E-state index in [0.29, 0.717) is 63.0 Å². The molecule has 1 aliphatic rings. The SMILES string of the molecule is CCCCSc1nc2n(n1)C(c1cc(Br)c(OCc3ccc(C(C)(C)C)cc3)c(OC)c1)C(C(=O)Nc1ccccc1OCC)=C(C)N2. The van der Waals surface area contributed by atoms with Crippen LogP contribution in [0.15, 0.2) is 81.6 Å². The predicted octanol–water partition coefficient (Wildman–Crippen LogP) is 9.14. The largest absolute Gasteiger partial charge is 0.493 e. The molecule has 2 heterocycles. The second kappa shape index (κ2) is 15.5. The van der Waals surface area contributed by atoms with E-state index in [2.05, 4.69) is 78.5 Å². The normalized spacial score (nSPS) is 14.3. The number of hydrogen-bond acceptors (Lipinski definition) is 8. The third-order valence-corrected chi connectivity index (χ3v) is 9.53. The van der Waals surface area contributed by atoms with Crippen molar-refractivity contribution in [2.45, 2.75) is 77.6 Å². The summed E-state index contributed by atoms with van der Waals surface area (Å²) in [5, 5.41) is 12.0. The standard InChI is InChI=1S/C37H44BrN5O4S/c1-8-10-19-48-36-41-35-39-23(3)31(34(44)40-28-13-11-12-14-29(28)46-9-2)32(43(35)42-36)25-20-27(38)33(30(21-25)45-7)47-22-24-15-17-26(18-16-24)37(4,5)6/h11-18,20-21,32H,8-10,19,22H2,1-7H3,(H,40,44)(H,39,41,42). The number of para-hydroxylation sites is 2. The Labute approximate surface area is 296 Å². The van der Waals surface area contributed by atoms with Gasteiger partial charge in [-0.1, -0.05) is 82.3 Å². The third kappa shape index (κ3) is 8.01. The van der Waals surface area contributed by atoms with Crippen LogP contribution in [-0.4, -0.2) is 40.1 Å². The van der Waals surface area contributed by atoms with E-state index in [1.54, 1.807) is 23.6 Å². The molecule has 1 amide bonds. The number of allylic oxidation sites excluding steroid dienone is 1. The zero-order valence-corrected chi connectivity index (χ0v) is 31.0. The first kappa shape index (κ1) is 35.3. The number of anilines is 2. The number of nitrogens with one attached hydrogen (secondary N) is 2. The number of carbonyl (C=O) groups excluding carboxylic acids is 1. The number of methoxy groups -OCH3 is 1. The molecule has 1 unspecified atom stereocenters. The van der Waals surface area contributed by atoms with Crippen LogP contribution >= 0.6 is 27.7 Å². The highest BCUT2D eigenvalue weighted by Crippen LogP contribution is 2.44. The average Bonchev–Trinajstić information content (AvgIpc) is 3.46. The lowest BCUT2D eigenvalue weighted by atomic mass is 9.87. The van der Waals surface area contributed by atoms with E-state index in [9.17, 15) is 4.79 Å². The second-order valence-electron chi connectivity index (χ2n) is 12.6. The first-order chi connectivity index (χ1) is 23.0. The lowest BCUT2D eigenvalue weighted by Gasteiger charge is -2.29. The number of ether oxygens (including phenoxy) is 3. The van der Waals surface area contributed by atoms with E-state index in [0.717, 1.165) is 29.7 Å². The molecular formula is C37H44BrN5O4S. The highest BCUT2D eigenvalue weighted by molar-refractivity contribution is 9.10. The molecule has 1 aliphatic heterocycles. The molecule has 1 atom stereocenters. The first-order valence-corrected chi connectivity index (χ1v) is 18.0. The maximum atomic E-state index is 14.2. The lowest BCUT2D eigenvalue weighted by Crippen LogP contribution is -2.31. The number of rotatable bonds is 13. The molecule has 1 aromatic heterocycles. The second-order valence-corrected chi connectivity index (χ2v) is 14.5. The van der Waals surface area contributed by atoms with Crippen LogP contribution < -0.4 is 24.8 Å². The van der Waals surface area contributed by atoms with Crippen molar-refractivity contribution in [2.24, 2.45) is 0 Å². The molecule has 0 saturated heterocycles.